The molecule has 0 amide bonds. The Morgan fingerprint density at radius 2 is 1.81 bits per heavy atom. The summed E-state index contributed by atoms with van der Waals surface area (Å²) in [7, 11) is 0. The molecule has 4 rings (SSSR count). The topological polar surface area (TPSA) is 50.2 Å². The summed E-state index contributed by atoms with van der Waals surface area (Å²) < 4.78 is 1.67. The molecule has 2 aromatic heterocycles. The maximum atomic E-state index is 12.8. The van der Waals surface area contributed by atoms with E-state index in [0.29, 0.717) is 11.2 Å². The number of benzene rings is 2. The summed E-state index contributed by atoms with van der Waals surface area (Å²) in [4.78, 5) is 20.7. The third kappa shape index (κ3) is 1.56. The van der Waals surface area contributed by atoms with Gasteiger partial charge in [-0.3, -0.25) is 4.79 Å². The Labute approximate surface area is 121 Å². The van der Waals surface area contributed by atoms with E-state index in [9.17, 15) is 4.79 Å². The van der Waals surface area contributed by atoms with Crippen LogP contribution in [0.4, 0.5) is 0 Å². The molecule has 2 heterocycles. The first-order chi connectivity index (χ1) is 10.1. The van der Waals surface area contributed by atoms with E-state index < -0.39 is 0 Å². The van der Waals surface area contributed by atoms with Crippen molar-refractivity contribution < 1.29 is 0 Å². The minimum absolute atomic E-state index is 0.0202. The molecule has 4 aromatic rings. The van der Waals surface area contributed by atoms with E-state index in [-0.39, 0.29) is 5.56 Å². The van der Waals surface area contributed by atoms with Crippen LogP contribution in [0.25, 0.3) is 27.7 Å². The van der Waals surface area contributed by atoms with Gasteiger partial charge >= 0.3 is 0 Å². The normalized spacial score (nSPS) is 11.8. The molecule has 0 aliphatic heterocycles. The van der Waals surface area contributed by atoms with E-state index in [0.717, 1.165) is 22.1 Å². The van der Waals surface area contributed by atoms with Gasteiger partial charge < -0.3 is 4.98 Å². The van der Waals surface area contributed by atoms with Gasteiger partial charge in [-0.15, -0.1) is 0 Å². The number of nitrogens with one attached hydrogen (secondary N) is 1. The Hall–Kier alpha value is -2.62. The first-order valence-corrected chi connectivity index (χ1v) is 6.97. The minimum atomic E-state index is -0.0202. The Bertz CT molecular complexity index is 1090. The van der Waals surface area contributed by atoms with Gasteiger partial charge in [0.05, 0.1) is 21.9 Å². The predicted molar refractivity (Wildman–Crippen MR) is 85.0 cm³/mol. The molecule has 0 saturated carbocycles. The number of hydrogen-bond acceptors (Lipinski definition) is 2. The van der Waals surface area contributed by atoms with E-state index in [1.165, 1.54) is 11.1 Å². The molecular formula is C17H15N3O. The molecule has 21 heavy (non-hydrogen) atoms. The van der Waals surface area contributed by atoms with E-state index in [1.807, 2.05) is 31.2 Å². The first kappa shape index (κ1) is 12.1. The van der Waals surface area contributed by atoms with Gasteiger partial charge in [0.15, 0.2) is 0 Å². The maximum Gasteiger partial charge on any atom is 0.267 e. The highest BCUT2D eigenvalue weighted by molar-refractivity contribution is 5.87. The fourth-order valence-corrected chi connectivity index (χ4v) is 2.87. The summed E-state index contributed by atoms with van der Waals surface area (Å²) in [6.45, 7) is 6.09. The van der Waals surface area contributed by atoms with Gasteiger partial charge in [0.2, 0.25) is 5.78 Å². The van der Waals surface area contributed by atoms with Gasteiger partial charge in [-0.1, -0.05) is 12.1 Å². The van der Waals surface area contributed by atoms with Gasteiger partial charge in [0.1, 0.15) is 0 Å². The van der Waals surface area contributed by atoms with Crippen LogP contribution in [-0.4, -0.2) is 14.4 Å². The highest BCUT2D eigenvalue weighted by atomic mass is 16.1. The second-order valence-electron chi connectivity index (χ2n) is 5.63. The molecule has 0 aliphatic rings. The lowest BCUT2D eigenvalue weighted by atomic mass is 10.1. The summed E-state index contributed by atoms with van der Waals surface area (Å²) >= 11 is 0. The van der Waals surface area contributed by atoms with E-state index in [4.69, 9.17) is 0 Å². The molecule has 4 heteroatoms. The van der Waals surface area contributed by atoms with Crippen LogP contribution < -0.4 is 5.56 Å². The standard InChI is InChI=1S/C17H15N3O/c1-9-5-4-6-12-15(9)19-17-18-13-7-10(2)11(3)8-14(13)20(17)16(12)21/h4-8H,1-3H3,(H,18,19). The zero-order valence-electron chi connectivity index (χ0n) is 12.2. The highest BCUT2D eigenvalue weighted by Gasteiger charge is 2.12. The first-order valence-electron chi connectivity index (χ1n) is 6.97. The number of para-hydroxylation sites is 1. The van der Waals surface area contributed by atoms with Crippen LogP contribution >= 0.6 is 0 Å². The molecule has 0 saturated heterocycles. The van der Waals surface area contributed by atoms with Crippen LogP contribution in [0.15, 0.2) is 35.1 Å². The monoisotopic (exact) mass is 277 g/mol. The van der Waals surface area contributed by atoms with Crippen molar-refractivity contribution in [3.05, 3.63) is 57.4 Å². The fraction of sp³-hybridized carbons (Fsp3) is 0.176. The Kier molecular flexibility index (Phi) is 2.28. The number of aromatic nitrogens is 3. The number of H-pyrrole nitrogens is 1. The maximum absolute atomic E-state index is 12.8. The summed E-state index contributed by atoms with van der Waals surface area (Å²) in [5.41, 5.74) is 5.95. The molecule has 0 unspecified atom stereocenters. The third-order valence-electron chi connectivity index (χ3n) is 4.20. The fourth-order valence-electron chi connectivity index (χ4n) is 2.87. The highest BCUT2D eigenvalue weighted by Crippen LogP contribution is 2.21. The Morgan fingerprint density at radius 3 is 2.62 bits per heavy atom. The number of fused-ring (bicyclic) bond motifs is 4. The predicted octanol–water partition coefficient (Wildman–Crippen LogP) is 3.25. The summed E-state index contributed by atoms with van der Waals surface area (Å²) in [6, 6.07) is 9.82. The number of imidazole rings is 1. The van der Waals surface area contributed by atoms with Crippen molar-refractivity contribution in [3.63, 3.8) is 0 Å². The van der Waals surface area contributed by atoms with Crippen molar-refractivity contribution in [2.24, 2.45) is 0 Å². The smallest absolute Gasteiger partial charge is 0.267 e. The van der Waals surface area contributed by atoms with Crippen molar-refractivity contribution in [1.82, 2.24) is 14.4 Å². The molecule has 0 radical (unpaired) electrons. The minimum Gasteiger partial charge on any atom is -0.323 e. The number of rotatable bonds is 0. The third-order valence-corrected chi connectivity index (χ3v) is 4.20. The summed E-state index contributed by atoms with van der Waals surface area (Å²) in [5.74, 6) is 0.599. The lowest BCUT2D eigenvalue weighted by Crippen LogP contribution is -2.14. The zero-order chi connectivity index (χ0) is 14.7. The molecule has 104 valence electrons. The quantitative estimate of drug-likeness (QED) is 0.536. The van der Waals surface area contributed by atoms with Crippen LogP contribution in [-0.2, 0) is 0 Å². The summed E-state index contributed by atoms with van der Waals surface area (Å²) in [6.07, 6.45) is 0. The Morgan fingerprint density at radius 1 is 1.05 bits per heavy atom. The molecule has 1 N–H and O–H groups in total. The molecule has 0 bridgehead atoms. The largest absolute Gasteiger partial charge is 0.323 e. The number of aryl methyl sites for hydroxylation is 3. The zero-order valence-corrected chi connectivity index (χ0v) is 12.2. The van der Waals surface area contributed by atoms with Crippen molar-refractivity contribution in [3.8, 4) is 0 Å². The van der Waals surface area contributed by atoms with Gasteiger partial charge in [-0.25, -0.2) is 9.38 Å². The SMILES string of the molecule is Cc1cc2[nH]c3nc4c(C)cccc4c(=O)n3c2cc1C. The van der Waals surface area contributed by atoms with Crippen molar-refractivity contribution >= 4 is 27.7 Å². The van der Waals surface area contributed by atoms with Crippen LogP contribution in [0, 0.1) is 20.8 Å². The van der Waals surface area contributed by atoms with Gasteiger partial charge in [0.25, 0.3) is 5.56 Å². The van der Waals surface area contributed by atoms with Gasteiger partial charge in [0, 0.05) is 0 Å². The van der Waals surface area contributed by atoms with E-state index >= 15 is 0 Å². The van der Waals surface area contributed by atoms with Crippen molar-refractivity contribution in [1.29, 1.82) is 0 Å². The molecule has 0 atom stereocenters. The van der Waals surface area contributed by atoms with Crippen molar-refractivity contribution in [2.45, 2.75) is 20.8 Å². The second kappa shape index (κ2) is 3.95. The molecule has 4 nitrogen and oxygen atoms in total. The molecule has 2 aromatic carbocycles. The number of aromatic amines is 1. The summed E-state index contributed by atoms with van der Waals surface area (Å²) in [5, 5.41) is 0.659. The lowest BCUT2D eigenvalue weighted by Gasteiger charge is -2.02. The molecular weight excluding hydrogens is 262 g/mol. The Balaban J connectivity index is 2.32. The molecule has 0 aliphatic carbocycles. The van der Waals surface area contributed by atoms with E-state index in [2.05, 4.69) is 29.9 Å². The van der Waals surface area contributed by atoms with Crippen molar-refractivity contribution in [2.75, 3.05) is 0 Å². The van der Waals surface area contributed by atoms with Gasteiger partial charge in [-0.2, -0.15) is 0 Å². The van der Waals surface area contributed by atoms with Crippen LogP contribution in [0.5, 0.6) is 0 Å². The van der Waals surface area contributed by atoms with Crippen LogP contribution in [0.1, 0.15) is 16.7 Å². The second-order valence-corrected chi connectivity index (χ2v) is 5.63. The lowest BCUT2D eigenvalue weighted by molar-refractivity contribution is 1.12. The number of hydrogen-bond donors (Lipinski definition) is 1. The van der Waals surface area contributed by atoms with Gasteiger partial charge in [-0.05, 0) is 55.7 Å². The van der Waals surface area contributed by atoms with E-state index in [1.54, 1.807) is 4.40 Å². The van der Waals surface area contributed by atoms with Crippen LogP contribution in [0.3, 0.4) is 0 Å². The molecule has 0 spiro atoms. The number of nitrogens with zero attached hydrogens (tertiary/aromatic N) is 2. The van der Waals surface area contributed by atoms with Crippen LogP contribution in [0.2, 0.25) is 0 Å². The average molecular weight is 277 g/mol. The molecule has 0 fully saturated rings. The average Bonchev–Trinajstić information content (AvgIpc) is 2.79.